The van der Waals surface area contributed by atoms with Gasteiger partial charge in [0, 0.05) is 19.5 Å². The van der Waals surface area contributed by atoms with Crippen molar-refractivity contribution in [3.8, 4) is 0 Å². The summed E-state index contributed by atoms with van der Waals surface area (Å²) in [5, 5.41) is 7.53. The zero-order valence-corrected chi connectivity index (χ0v) is 15.0. The summed E-state index contributed by atoms with van der Waals surface area (Å²) in [5.41, 5.74) is 4.35. The van der Waals surface area contributed by atoms with E-state index in [9.17, 15) is 9.59 Å². The van der Waals surface area contributed by atoms with Gasteiger partial charge in [-0.25, -0.2) is 10.9 Å². The van der Waals surface area contributed by atoms with E-state index < -0.39 is 11.8 Å². The predicted molar refractivity (Wildman–Crippen MR) is 98.9 cm³/mol. The molecule has 8 heteroatoms. The van der Waals surface area contributed by atoms with Crippen LogP contribution in [0.15, 0.2) is 34.5 Å². The Hall–Kier alpha value is -2.32. The van der Waals surface area contributed by atoms with Crippen LogP contribution in [0.4, 0.5) is 0 Å². The first kappa shape index (κ1) is 18.0. The molecular weight excluding hydrogens is 344 g/mol. The van der Waals surface area contributed by atoms with Crippen molar-refractivity contribution in [2.45, 2.75) is 26.7 Å². The summed E-state index contributed by atoms with van der Waals surface area (Å²) < 4.78 is 0. The largest absolute Gasteiger partial charge is 0.331 e. The van der Waals surface area contributed by atoms with Gasteiger partial charge in [-0.1, -0.05) is 13.8 Å². The van der Waals surface area contributed by atoms with Crippen LogP contribution in [0.2, 0.25) is 0 Å². The number of nitrogens with zero attached hydrogens (tertiary/aromatic N) is 2. The average molecular weight is 362 g/mol. The number of rotatable bonds is 6. The smallest absolute Gasteiger partial charge is 0.262 e. The van der Waals surface area contributed by atoms with Gasteiger partial charge >= 0.3 is 11.8 Å². The van der Waals surface area contributed by atoms with E-state index in [-0.39, 0.29) is 0 Å². The minimum Gasteiger partial charge on any atom is -0.262 e. The molecule has 2 aromatic heterocycles. The fourth-order valence-electron chi connectivity index (χ4n) is 1.72. The van der Waals surface area contributed by atoms with Crippen molar-refractivity contribution in [1.29, 1.82) is 0 Å². The summed E-state index contributed by atoms with van der Waals surface area (Å²) in [6.07, 6.45) is 4.93. The number of hydrogen-bond donors (Lipinski definition) is 2. The number of amides is 2. The fourth-order valence-corrected chi connectivity index (χ4v) is 3.37. The van der Waals surface area contributed by atoms with E-state index in [0.29, 0.717) is 0 Å². The number of hydrazone groups is 2. The Morgan fingerprint density at radius 3 is 1.62 bits per heavy atom. The van der Waals surface area contributed by atoms with Crippen molar-refractivity contribution in [3.05, 3.63) is 43.8 Å². The molecule has 24 heavy (non-hydrogen) atoms. The van der Waals surface area contributed by atoms with Gasteiger partial charge in [0.05, 0.1) is 12.4 Å². The van der Waals surface area contributed by atoms with Gasteiger partial charge in [0.25, 0.3) is 0 Å². The van der Waals surface area contributed by atoms with Crippen molar-refractivity contribution in [3.63, 3.8) is 0 Å². The first-order valence-corrected chi connectivity index (χ1v) is 9.09. The lowest BCUT2D eigenvalue weighted by atomic mass is 10.4. The van der Waals surface area contributed by atoms with Crippen molar-refractivity contribution >= 4 is 46.9 Å². The predicted octanol–water partition coefficient (Wildman–Crippen LogP) is 2.53. The number of hydrogen-bond acceptors (Lipinski definition) is 6. The molecule has 0 atom stereocenters. The first-order valence-electron chi connectivity index (χ1n) is 7.46. The standard InChI is InChI=1S/C16H18N4O2S2/c1-3-11-5-7-13(23-11)9-17-19-15(21)16(22)20-18-10-14-8-6-12(4-2)24-14/h5-10H,3-4H2,1-2H3,(H,19,21)(H,20,22)/b17-9+,18-10+. The molecule has 2 amide bonds. The minimum absolute atomic E-state index is 0.865. The summed E-state index contributed by atoms with van der Waals surface area (Å²) in [7, 11) is 0. The van der Waals surface area contributed by atoms with Crippen LogP contribution >= 0.6 is 22.7 Å². The van der Waals surface area contributed by atoms with Gasteiger partial charge in [0.2, 0.25) is 0 Å². The first-order chi connectivity index (χ1) is 11.6. The Kier molecular flexibility index (Phi) is 6.83. The molecule has 0 spiro atoms. The lowest BCUT2D eigenvalue weighted by Gasteiger charge is -1.97. The summed E-state index contributed by atoms with van der Waals surface area (Å²) in [4.78, 5) is 27.5. The third-order valence-corrected chi connectivity index (χ3v) is 5.31. The zero-order valence-electron chi connectivity index (χ0n) is 13.4. The molecule has 0 saturated carbocycles. The highest BCUT2D eigenvalue weighted by Crippen LogP contribution is 2.15. The molecule has 2 heterocycles. The fraction of sp³-hybridized carbons (Fsp3) is 0.250. The second kappa shape index (κ2) is 9.09. The Morgan fingerprint density at radius 1 is 0.875 bits per heavy atom. The molecule has 0 aromatic carbocycles. The van der Waals surface area contributed by atoms with Crippen molar-refractivity contribution in [2.24, 2.45) is 10.2 Å². The van der Waals surface area contributed by atoms with Gasteiger partial charge in [-0.05, 0) is 37.1 Å². The van der Waals surface area contributed by atoms with E-state index >= 15 is 0 Å². The molecule has 126 valence electrons. The summed E-state index contributed by atoms with van der Waals surface area (Å²) in [6, 6.07) is 7.83. The van der Waals surface area contributed by atoms with Crippen LogP contribution in [-0.4, -0.2) is 24.2 Å². The third kappa shape index (κ3) is 5.39. The monoisotopic (exact) mass is 362 g/mol. The molecule has 0 bridgehead atoms. The van der Waals surface area contributed by atoms with Gasteiger partial charge in [-0.3, -0.25) is 9.59 Å². The second-order valence-corrected chi connectivity index (χ2v) is 7.11. The van der Waals surface area contributed by atoms with Gasteiger partial charge in [0.15, 0.2) is 0 Å². The van der Waals surface area contributed by atoms with Gasteiger partial charge < -0.3 is 0 Å². The maximum absolute atomic E-state index is 11.6. The molecule has 2 N–H and O–H groups in total. The van der Waals surface area contributed by atoms with Crippen molar-refractivity contribution in [1.82, 2.24) is 10.9 Å². The van der Waals surface area contributed by atoms with E-state index in [0.717, 1.165) is 22.6 Å². The lowest BCUT2D eigenvalue weighted by molar-refractivity contribution is -0.139. The molecule has 0 aliphatic carbocycles. The van der Waals surface area contributed by atoms with Crippen molar-refractivity contribution < 1.29 is 9.59 Å². The molecule has 0 aliphatic heterocycles. The molecule has 0 radical (unpaired) electrons. The Bertz CT molecular complexity index is 697. The van der Waals surface area contributed by atoms with Crippen LogP contribution in [-0.2, 0) is 22.4 Å². The molecule has 0 fully saturated rings. The minimum atomic E-state index is -0.865. The summed E-state index contributed by atoms with van der Waals surface area (Å²) in [5.74, 6) is -1.73. The van der Waals surface area contributed by atoms with E-state index in [1.54, 1.807) is 22.7 Å². The Labute approximate surface area is 148 Å². The normalized spacial score (nSPS) is 11.2. The van der Waals surface area contributed by atoms with Crippen LogP contribution in [0.5, 0.6) is 0 Å². The number of carbonyl (C=O) groups excluding carboxylic acids is 2. The van der Waals surface area contributed by atoms with E-state index in [2.05, 4.69) is 34.9 Å². The SMILES string of the molecule is CCc1ccc(/C=N/NC(=O)C(=O)N/N=C/c2ccc(CC)s2)s1. The highest BCUT2D eigenvalue weighted by molar-refractivity contribution is 7.14. The highest BCUT2D eigenvalue weighted by Gasteiger charge is 2.11. The molecule has 6 nitrogen and oxygen atoms in total. The number of nitrogens with one attached hydrogen (secondary N) is 2. The Morgan fingerprint density at radius 2 is 1.29 bits per heavy atom. The van der Waals surface area contributed by atoms with Crippen LogP contribution in [0.3, 0.4) is 0 Å². The number of aryl methyl sites for hydroxylation is 2. The molecule has 2 rings (SSSR count). The highest BCUT2D eigenvalue weighted by atomic mass is 32.1. The van der Waals surface area contributed by atoms with Gasteiger partial charge in [0.1, 0.15) is 0 Å². The van der Waals surface area contributed by atoms with Crippen LogP contribution in [0.25, 0.3) is 0 Å². The topological polar surface area (TPSA) is 82.9 Å². The van der Waals surface area contributed by atoms with Crippen LogP contribution in [0, 0.1) is 0 Å². The zero-order chi connectivity index (χ0) is 17.4. The molecule has 2 aromatic rings. The Balaban J connectivity index is 1.78. The summed E-state index contributed by atoms with van der Waals surface area (Å²) in [6.45, 7) is 4.14. The van der Waals surface area contributed by atoms with E-state index in [1.165, 1.54) is 22.2 Å². The van der Waals surface area contributed by atoms with E-state index in [1.807, 2.05) is 24.3 Å². The average Bonchev–Trinajstić information content (AvgIpc) is 3.23. The molecule has 0 unspecified atom stereocenters. The molecular formula is C16H18N4O2S2. The second-order valence-electron chi connectivity index (χ2n) is 4.71. The number of carbonyl (C=O) groups is 2. The van der Waals surface area contributed by atoms with Crippen molar-refractivity contribution in [2.75, 3.05) is 0 Å². The molecule has 0 aliphatic rings. The van der Waals surface area contributed by atoms with E-state index in [4.69, 9.17) is 0 Å². The molecule has 0 saturated heterocycles. The van der Waals surface area contributed by atoms with Gasteiger partial charge in [-0.2, -0.15) is 10.2 Å². The maximum Gasteiger partial charge on any atom is 0.331 e. The maximum atomic E-state index is 11.6. The lowest BCUT2D eigenvalue weighted by Crippen LogP contribution is -2.35. The quantitative estimate of drug-likeness (QED) is 0.470. The van der Waals surface area contributed by atoms with Crippen LogP contribution < -0.4 is 10.9 Å². The third-order valence-electron chi connectivity index (χ3n) is 2.98. The van der Waals surface area contributed by atoms with Gasteiger partial charge in [-0.15, -0.1) is 22.7 Å². The number of thiophene rings is 2. The summed E-state index contributed by atoms with van der Waals surface area (Å²) >= 11 is 3.17. The van der Waals surface area contributed by atoms with Crippen LogP contribution in [0.1, 0.15) is 33.4 Å².